The van der Waals surface area contributed by atoms with Crippen LogP contribution in [0.3, 0.4) is 0 Å². The molecule has 2 atom stereocenters. The van der Waals surface area contributed by atoms with Gasteiger partial charge < -0.3 is 4.74 Å². The Hall–Kier alpha value is -3.90. The molecule has 0 saturated heterocycles. The zero-order valence-electron chi connectivity index (χ0n) is 22.6. The van der Waals surface area contributed by atoms with Crippen molar-refractivity contribution < 1.29 is 57.4 Å². The molecule has 1 nitrogen and oxygen atoms in total. The summed E-state index contributed by atoms with van der Waals surface area (Å²) in [5, 5.41) is 0. The fourth-order valence-corrected chi connectivity index (χ4v) is 4.81. The second-order valence-corrected chi connectivity index (χ2v) is 10.1. The van der Waals surface area contributed by atoms with Gasteiger partial charge in [0, 0.05) is 11.6 Å². The molecule has 3 aromatic carbocycles. The van der Waals surface area contributed by atoms with E-state index in [-0.39, 0.29) is 35.4 Å². The van der Waals surface area contributed by atoms with E-state index < -0.39 is 81.7 Å². The number of halogens is 12. The topological polar surface area (TPSA) is 9.23 Å². The molecule has 0 aromatic heterocycles. The molecule has 13 heteroatoms. The summed E-state index contributed by atoms with van der Waals surface area (Å²) in [6.45, 7) is 2.00. The van der Waals surface area contributed by atoms with Crippen molar-refractivity contribution in [2.45, 2.75) is 51.1 Å². The van der Waals surface area contributed by atoms with Crippen LogP contribution in [0.5, 0.6) is 0 Å². The zero-order valence-corrected chi connectivity index (χ0v) is 22.6. The Morgan fingerprint density at radius 2 is 1.32 bits per heavy atom. The van der Waals surface area contributed by atoms with Crippen molar-refractivity contribution in [3.8, 4) is 22.3 Å². The Morgan fingerprint density at radius 1 is 0.727 bits per heavy atom. The molecular weight excluding hydrogens is 616 g/mol. The molecule has 0 saturated carbocycles. The van der Waals surface area contributed by atoms with E-state index in [1.165, 1.54) is 12.1 Å². The van der Waals surface area contributed by atoms with Crippen LogP contribution in [0.15, 0.2) is 66.2 Å². The molecule has 3 aromatic rings. The van der Waals surface area contributed by atoms with E-state index in [4.69, 9.17) is 0 Å². The highest BCUT2D eigenvalue weighted by Gasteiger charge is 2.50. The van der Waals surface area contributed by atoms with Crippen molar-refractivity contribution in [3.63, 3.8) is 0 Å². The molecule has 44 heavy (non-hydrogen) atoms. The van der Waals surface area contributed by atoms with Crippen molar-refractivity contribution in [2.24, 2.45) is 5.92 Å². The molecule has 1 aliphatic carbocycles. The van der Waals surface area contributed by atoms with Gasteiger partial charge in [-0.2, -0.15) is 22.0 Å². The van der Waals surface area contributed by atoms with E-state index in [0.717, 1.165) is 19.3 Å². The maximum atomic E-state index is 15.0. The highest BCUT2D eigenvalue weighted by molar-refractivity contribution is 5.72. The SMILES string of the molecule is CCCCCc1ccc(-c2cc(F)c(-c3cc(F)c(C(F)(F)OC4=CC(F)C(C(F)(F)F)C(F)=C4)c(F)c3)c(F)c2)c(F)c1. The third-order valence-electron chi connectivity index (χ3n) is 6.90. The predicted octanol–water partition coefficient (Wildman–Crippen LogP) is 10.8. The van der Waals surface area contributed by atoms with Crippen LogP contribution in [-0.2, 0) is 17.3 Å². The molecule has 236 valence electrons. The zero-order chi connectivity index (χ0) is 32.6. The summed E-state index contributed by atoms with van der Waals surface area (Å²) >= 11 is 0. The number of hydrogen-bond acceptors (Lipinski definition) is 1. The second kappa shape index (κ2) is 12.6. The van der Waals surface area contributed by atoms with E-state index >= 15 is 8.78 Å². The molecule has 2 unspecified atom stereocenters. The summed E-state index contributed by atoms with van der Waals surface area (Å²) in [4.78, 5) is 0. The Balaban J connectivity index is 1.62. The molecule has 0 fully saturated rings. The Morgan fingerprint density at radius 3 is 1.84 bits per heavy atom. The molecule has 0 amide bonds. The smallest absolute Gasteiger partial charge is 0.429 e. The van der Waals surface area contributed by atoms with Crippen molar-refractivity contribution in [1.82, 2.24) is 0 Å². The molecular formula is C31H22F12O. The van der Waals surface area contributed by atoms with Crippen LogP contribution in [-0.4, -0.2) is 12.3 Å². The maximum absolute atomic E-state index is 15.0. The number of rotatable bonds is 9. The van der Waals surface area contributed by atoms with Crippen LogP contribution in [0.1, 0.15) is 37.3 Å². The first kappa shape index (κ1) is 33.0. The van der Waals surface area contributed by atoms with Gasteiger partial charge >= 0.3 is 12.3 Å². The number of unbranched alkanes of at least 4 members (excludes halogenated alkanes) is 2. The van der Waals surface area contributed by atoms with Crippen LogP contribution in [0.4, 0.5) is 52.7 Å². The predicted molar refractivity (Wildman–Crippen MR) is 137 cm³/mol. The summed E-state index contributed by atoms with van der Waals surface area (Å²) in [6, 6.07) is 5.76. The fourth-order valence-electron chi connectivity index (χ4n) is 4.81. The number of aryl methyl sites for hydroxylation is 1. The third-order valence-corrected chi connectivity index (χ3v) is 6.90. The van der Waals surface area contributed by atoms with Gasteiger partial charge in [-0.15, -0.1) is 0 Å². The lowest BCUT2D eigenvalue weighted by Crippen LogP contribution is -2.34. The molecule has 0 heterocycles. The van der Waals surface area contributed by atoms with Crippen LogP contribution in [0.2, 0.25) is 0 Å². The third kappa shape index (κ3) is 6.91. The first-order chi connectivity index (χ1) is 20.5. The molecule has 0 aliphatic heterocycles. The van der Waals surface area contributed by atoms with Gasteiger partial charge in [-0.05, 0) is 65.9 Å². The highest BCUT2D eigenvalue weighted by Crippen LogP contribution is 2.44. The summed E-state index contributed by atoms with van der Waals surface area (Å²) in [5.41, 5.74) is -3.83. The van der Waals surface area contributed by atoms with Crippen LogP contribution in [0.25, 0.3) is 22.3 Å². The molecule has 0 radical (unpaired) electrons. The molecule has 0 N–H and O–H groups in total. The lowest BCUT2D eigenvalue weighted by atomic mass is 9.95. The second-order valence-electron chi connectivity index (χ2n) is 10.1. The number of alkyl halides is 6. The lowest BCUT2D eigenvalue weighted by Gasteiger charge is -2.26. The minimum atomic E-state index is -5.41. The van der Waals surface area contributed by atoms with Crippen LogP contribution in [0, 0.1) is 35.0 Å². The molecule has 4 rings (SSSR count). The van der Waals surface area contributed by atoms with Gasteiger partial charge in [0.1, 0.15) is 58.3 Å². The van der Waals surface area contributed by atoms with E-state index in [9.17, 15) is 43.9 Å². The monoisotopic (exact) mass is 638 g/mol. The van der Waals surface area contributed by atoms with Gasteiger partial charge in [0.05, 0.1) is 5.56 Å². The lowest BCUT2D eigenvalue weighted by molar-refractivity contribution is -0.226. The van der Waals surface area contributed by atoms with Crippen molar-refractivity contribution in [1.29, 1.82) is 0 Å². The quantitative estimate of drug-likeness (QED) is 0.167. The van der Waals surface area contributed by atoms with E-state index in [1.54, 1.807) is 6.07 Å². The van der Waals surface area contributed by atoms with Gasteiger partial charge in [-0.3, -0.25) is 0 Å². The minimum Gasteiger partial charge on any atom is -0.429 e. The Bertz CT molecular complexity index is 1560. The minimum absolute atomic E-state index is 0.131. The standard InChI is InChI=1S/C31H22F12O/c1-2-3-4-5-15-6-7-19(20(32)8-15)16-9-21(33)27(22(34)10-16)17-11-23(35)29(24(36)12-17)31(42,43)44-18-13-25(37)28(26(38)14-18)30(39,40)41/h6-14,25,28H,2-5H2,1H3. The summed E-state index contributed by atoms with van der Waals surface area (Å²) in [5.74, 6) is -14.8. The summed E-state index contributed by atoms with van der Waals surface area (Å²) in [6.07, 6.45) is -10.7. The van der Waals surface area contributed by atoms with Crippen molar-refractivity contribution in [3.05, 3.63) is 106 Å². The Labute approximate surface area is 243 Å². The average molecular weight is 638 g/mol. The van der Waals surface area contributed by atoms with Gasteiger partial charge in [0.25, 0.3) is 0 Å². The molecule has 1 aliphatic rings. The van der Waals surface area contributed by atoms with Gasteiger partial charge in [-0.25, -0.2) is 30.7 Å². The normalized spacial score (nSPS) is 17.4. The summed E-state index contributed by atoms with van der Waals surface area (Å²) < 4.78 is 174. The van der Waals surface area contributed by atoms with Crippen molar-refractivity contribution >= 4 is 0 Å². The maximum Gasteiger partial charge on any atom is 0.432 e. The first-order valence-corrected chi connectivity index (χ1v) is 13.2. The number of allylic oxidation sites excluding steroid dienone is 3. The largest absolute Gasteiger partial charge is 0.432 e. The number of benzene rings is 3. The summed E-state index contributed by atoms with van der Waals surface area (Å²) in [7, 11) is 0. The van der Waals surface area contributed by atoms with E-state index in [1.807, 2.05) is 6.92 Å². The van der Waals surface area contributed by atoms with Gasteiger partial charge in [0.2, 0.25) is 0 Å². The van der Waals surface area contributed by atoms with Crippen LogP contribution >= 0.6 is 0 Å². The van der Waals surface area contributed by atoms with Gasteiger partial charge in [0.15, 0.2) is 0 Å². The number of ether oxygens (including phenoxy) is 1. The fraction of sp³-hybridized carbons (Fsp3) is 0.290. The van der Waals surface area contributed by atoms with E-state index in [0.29, 0.717) is 24.1 Å². The molecule has 0 spiro atoms. The first-order valence-electron chi connectivity index (χ1n) is 13.2. The highest BCUT2D eigenvalue weighted by atomic mass is 19.4. The van der Waals surface area contributed by atoms with Gasteiger partial charge in [-0.1, -0.05) is 31.9 Å². The molecule has 0 bridgehead atoms. The van der Waals surface area contributed by atoms with E-state index in [2.05, 4.69) is 4.74 Å². The number of hydrogen-bond donors (Lipinski definition) is 0. The average Bonchev–Trinajstić information content (AvgIpc) is 2.86. The Kier molecular flexibility index (Phi) is 9.46. The van der Waals surface area contributed by atoms with Crippen molar-refractivity contribution in [2.75, 3.05) is 0 Å². The van der Waals surface area contributed by atoms with Crippen LogP contribution < -0.4 is 0 Å².